The molecule has 1 fully saturated rings. The van der Waals surface area contributed by atoms with Crippen LogP contribution in [0.4, 0.5) is 4.79 Å². The Bertz CT molecular complexity index is 262. The summed E-state index contributed by atoms with van der Waals surface area (Å²) in [6.45, 7) is 6.03. The summed E-state index contributed by atoms with van der Waals surface area (Å²) >= 11 is 0. The van der Waals surface area contributed by atoms with E-state index in [-0.39, 0.29) is 12.1 Å². The van der Waals surface area contributed by atoms with Crippen LogP contribution in [0.5, 0.6) is 0 Å². The lowest BCUT2D eigenvalue weighted by Gasteiger charge is -2.31. The van der Waals surface area contributed by atoms with Gasteiger partial charge in [0.1, 0.15) is 0 Å². The summed E-state index contributed by atoms with van der Waals surface area (Å²) in [4.78, 5) is 13.8. The van der Waals surface area contributed by atoms with Gasteiger partial charge in [-0.1, -0.05) is 13.8 Å². The highest BCUT2D eigenvalue weighted by Gasteiger charge is 2.21. The van der Waals surface area contributed by atoms with Crippen molar-refractivity contribution in [3.05, 3.63) is 0 Å². The average Bonchev–Trinajstić information content (AvgIpc) is 2.29. The molecule has 1 atom stereocenters. The normalized spacial score (nSPS) is 18.9. The van der Waals surface area contributed by atoms with Gasteiger partial charge in [0, 0.05) is 25.6 Å². The smallest absolute Gasteiger partial charge is 0.317 e. The van der Waals surface area contributed by atoms with Crippen molar-refractivity contribution < 1.29 is 4.79 Å². The fourth-order valence-corrected chi connectivity index (χ4v) is 1.92. The van der Waals surface area contributed by atoms with E-state index in [2.05, 4.69) is 18.2 Å². The van der Waals surface area contributed by atoms with Gasteiger partial charge in [-0.2, -0.15) is 0 Å². The van der Waals surface area contributed by atoms with Crippen LogP contribution in [-0.4, -0.2) is 30.1 Å². The van der Waals surface area contributed by atoms with Gasteiger partial charge in [0.05, 0.1) is 0 Å². The van der Waals surface area contributed by atoms with Crippen LogP contribution >= 0.6 is 0 Å². The molecule has 0 aromatic heterocycles. The van der Waals surface area contributed by atoms with Crippen molar-refractivity contribution in [2.24, 2.45) is 5.92 Å². The second kappa shape index (κ2) is 6.42. The third kappa shape index (κ3) is 3.77. The summed E-state index contributed by atoms with van der Waals surface area (Å²) in [7, 11) is 0. The number of carbonyl (C=O) groups excluding carboxylic acids is 1. The van der Waals surface area contributed by atoms with Crippen LogP contribution in [0.25, 0.3) is 0 Å². The minimum atomic E-state index is 0.0500. The fourth-order valence-electron chi connectivity index (χ4n) is 1.92. The maximum Gasteiger partial charge on any atom is 0.317 e. The highest BCUT2D eigenvalue weighted by Crippen LogP contribution is 2.16. The molecular formula is C13H22N2O. The van der Waals surface area contributed by atoms with E-state index < -0.39 is 0 Å². The minimum Gasteiger partial charge on any atom is -0.334 e. The Hall–Kier alpha value is -1.17. The van der Waals surface area contributed by atoms with Crippen LogP contribution in [-0.2, 0) is 0 Å². The highest BCUT2D eigenvalue weighted by molar-refractivity contribution is 5.74. The molecule has 0 bridgehead atoms. The first-order chi connectivity index (χ1) is 7.67. The topological polar surface area (TPSA) is 32.3 Å². The maximum absolute atomic E-state index is 11.9. The number of nitrogens with zero attached hydrogens (tertiary/aromatic N) is 1. The summed E-state index contributed by atoms with van der Waals surface area (Å²) in [6, 6.07) is 0.172. The highest BCUT2D eigenvalue weighted by atomic mass is 16.2. The minimum absolute atomic E-state index is 0.0500. The number of terminal acetylenes is 1. The predicted molar refractivity (Wildman–Crippen MR) is 66.0 cm³/mol. The van der Waals surface area contributed by atoms with Crippen LogP contribution in [0.3, 0.4) is 0 Å². The fraction of sp³-hybridized carbons (Fsp3) is 0.769. The molecule has 3 nitrogen and oxygen atoms in total. The van der Waals surface area contributed by atoms with E-state index in [4.69, 9.17) is 6.42 Å². The first kappa shape index (κ1) is 12.9. The van der Waals surface area contributed by atoms with Gasteiger partial charge in [0.25, 0.3) is 0 Å². The molecule has 0 radical (unpaired) electrons. The largest absolute Gasteiger partial charge is 0.334 e. The molecule has 1 rings (SSSR count). The standard InChI is InChI=1S/C13H22N2O/c1-4-6-12(5-2)14-13(16)15-9-7-11(3)8-10-15/h1,11-12H,5-10H2,2-3H3,(H,14,16). The molecule has 0 aromatic rings. The summed E-state index contributed by atoms with van der Waals surface area (Å²) in [6.07, 6.45) is 8.99. The molecule has 0 spiro atoms. The van der Waals surface area contributed by atoms with Crippen molar-refractivity contribution in [3.63, 3.8) is 0 Å². The van der Waals surface area contributed by atoms with Gasteiger partial charge in [-0.15, -0.1) is 12.3 Å². The lowest BCUT2D eigenvalue weighted by molar-refractivity contribution is 0.170. The molecule has 1 unspecified atom stereocenters. The lowest BCUT2D eigenvalue weighted by Crippen LogP contribution is -2.47. The van der Waals surface area contributed by atoms with Crippen molar-refractivity contribution in [3.8, 4) is 12.3 Å². The molecule has 1 saturated heterocycles. The van der Waals surface area contributed by atoms with E-state index in [1.165, 1.54) is 0 Å². The van der Waals surface area contributed by atoms with Crippen molar-refractivity contribution in [1.82, 2.24) is 10.2 Å². The van der Waals surface area contributed by atoms with Crippen LogP contribution in [0, 0.1) is 18.3 Å². The van der Waals surface area contributed by atoms with Gasteiger partial charge in [-0.3, -0.25) is 0 Å². The molecule has 1 aliphatic heterocycles. The third-order valence-electron chi connectivity index (χ3n) is 3.26. The number of carbonyl (C=O) groups is 1. The summed E-state index contributed by atoms with van der Waals surface area (Å²) < 4.78 is 0. The van der Waals surface area contributed by atoms with E-state index in [0.717, 1.165) is 38.3 Å². The molecule has 0 aromatic carbocycles. The second-order valence-electron chi connectivity index (χ2n) is 4.63. The number of nitrogens with one attached hydrogen (secondary N) is 1. The zero-order valence-electron chi connectivity index (χ0n) is 10.3. The predicted octanol–water partition coefficient (Wildman–Crippen LogP) is 2.23. The quantitative estimate of drug-likeness (QED) is 0.730. The SMILES string of the molecule is C#CCC(CC)NC(=O)N1CCC(C)CC1. The zero-order chi connectivity index (χ0) is 12.0. The van der Waals surface area contributed by atoms with Crippen LogP contribution < -0.4 is 5.32 Å². The summed E-state index contributed by atoms with van der Waals surface area (Å²) in [5.74, 6) is 3.35. The number of piperidine rings is 1. The van der Waals surface area contributed by atoms with E-state index in [0.29, 0.717) is 6.42 Å². The van der Waals surface area contributed by atoms with Crippen LogP contribution in [0.15, 0.2) is 0 Å². The molecule has 1 heterocycles. The summed E-state index contributed by atoms with van der Waals surface area (Å²) in [5, 5.41) is 3.00. The van der Waals surface area contributed by atoms with E-state index >= 15 is 0 Å². The van der Waals surface area contributed by atoms with Crippen molar-refractivity contribution >= 4 is 6.03 Å². The molecule has 2 amide bonds. The number of hydrogen-bond acceptors (Lipinski definition) is 1. The molecular weight excluding hydrogens is 200 g/mol. The monoisotopic (exact) mass is 222 g/mol. The molecule has 0 aliphatic carbocycles. The Morgan fingerprint density at radius 3 is 2.69 bits per heavy atom. The van der Waals surface area contributed by atoms with Gasteiger partial charge < -0.3 is 10.2 Å². The number of urea groups is 1. The number of amides is 2. The van der Waals surface area contributed by atoms with Gasteiger partial charge >= 0.3 is 6.03 Å². The van der Waals surface area contributed by atoms with E-state index in [1.807, 2.05) is 11.8 Å². The number of likely N-dealkylation sites (tertiary alicyclic amines) is 1. The van der Waals surface area contributed by atoms with Crippen LogP contribution in [0.2, 0.25) is 0 Å². The average molecular weight is 222 g/mol. The molecule has 16 heavy (non-hydrogen) atoms. The van der Waals surface area contributed by atoms with Gasteiger partial charge in [-0.25, -0.2) is 4.79 Å². The second-order valence-corrected chi connectivity index (χ2v) is 4.63. The number of hydrogen-bond donors (Lipinski definition) is 1. The maximum atomic E-state index is 11.9. The molecule has 3 heteroatoms. The lowest BCUT2D eigenvalue weighted by atomic mass is 9.99. The summed E-state index contributed by atoms with van der Waals surface area (Å²) in [5.41, 5.74) is 0. The Morgan fingerprint density at radius 2 is 2.19 bits per heavy atom. The third-order valence-corrected chi connectivity index (χ3v) is 3.26. The molecule has 1 N–H and O–H groups in total. The van der Waals surface area contributed by atoms with E-state index in [1.54, 1.807) is 0 Å². The van der Waals surface area contributed by atoms with Gasteiger partial charge in [0.15, 0.2) is 0 Å². The molecule has 0 saturated carbocycles. The Labute approximate surface area is 98.6 Å². The van der Waals surface area contributed by atoms with Crippen molar-refractivity contribution in [2.75, 3.05) is 13.1 Å². The molecule has 1 aliphatic rings. The Balaban J connectivity index is 2.37. The first-order valence-electron chi connectivity index (χ1n) is 6.16. The van der Waals surface area contributed by atoms with E-state index in [9.17, 15) is 4.79 Å². The van der Waals surface area contributed by atoms with Gasteiger partial charge in [-0.05, 0) is 25.2 Å². The Morgan fingerprint density at radius 1 is 1.56 bits per heavy atom. The number of rotatable bonds is 3. The Kier molecular flexibility index (Phi) is 5.18. The first-order valence-corrected chi connectivity index (χ1v) is 6.16. The molecule has 90 valence electrons. The van der Waals surface area contributed by atoms with Crippen molar-refractivity contribution in [2.45, 2.75) is 45.6 Å². The van der Waals surface area contributed by atoms with Gasteiger partial charge in [0.2, 0.25) is 0 Å². The zero-order valence-corrected chi connectivity index (χ0v) is 10.3. The van der Waals surface area contributed by atoms with Crippen LogP contribution in [0.1, 0.15) is 39.5 Å². The van der Waals surface area contributed by atoms with Crippen molar-refractivity contribution in [1.29, 1.82) is 0 Å².